The molecule has 2 aromatic heterocycles. The van der Waals surface area contributed by atoms with Crippen molar-refractivity contribution in [1.29, 1.82) is 0 Å². The Bertz CT molecular complexity index is 1440. The number of H-pyrrole nitrogens is 1. The Balaban J connectivity index is 1.47. The molecule has 5 rings (SSSR count). The van der Waals surface area contributed by atoms with Crippen molar-refractivity contribution in [2.75, 3.05) is 44.8 Å². The van der Waals surface area contributed by atoms with Crippen LogP contribution in [0.3, 0.4) is 0 Å². The Morgan fingerprint density at radius 1 is 1.15 bits per heavy atom. The molecular formula is C32H41N5O4. The first kappa shape index (κ1) is 28.8. The lowest BCUT2D eigenvalue weighted by Crippen LogP contribution is -2.51. The summed E-state index contributed by atoms with van der Waals surface area (Å²) in [5.74, 6) is 0.392. The normalized spacial score (nSPS) is 16.3. The van der Waals surface area contributed by atoms with Crippen molar-refractivity contribution in [3.05, 3.63) is 74.8 Å². The van der Waals surface area contributed by atoms with Crippen LogP contribution in [0.25, 0.3) is 11.1 Å². The zero-order valence-corrected chi connectivity index (χ0v) is 24.8. The number of pyridine rings is 2. The number of aryl methyl sites for hydroxylation is 2. The van der Waals surface area contributed by atoms with E-state index in [1.165, 1.54) is 0 Å². The molecule has 0 saturated carbocycles. The van der Waals surface area contributed by atoms with Gasteiger partial charge in [0.1, 0.15) is 6.10 Å². The van der Waals surface area contributed by atoms with Gasteiger partial charge in [-0.2, -0.15) is 0 Å². The molecule has 1 aromatic carbocycles. The molecule has 4 heterocycles. The number of aromatic amines is 1. The van der Waals surface area contributed by atoms with Crippen molar-refractivity contribution in [1.82, 2.24) is 20.2 Å². The maximum absolute atomic E-state index is 13.7. The lowest BCUT2D eigenvalue weighted by molar-refractivity contribution is 0.0356. The van der Waals surface area contributed by atoms with Gasteiger partial charge in [0.15, 0.2) is 0 Å². The molecule has 2 aliphatic heterocycles. The molecule has 0 radical (unpaired) electrons. The highest BCUT2D eigenvalue weighted by Crippen LogP contribution is 2.34. The zero-order valence-electron chi connectivity index (χ0n) is 24.8. The van der Waals surface area contributed by atoms with E-state index < -0.39 is 0 Å². The summed E-state index contributed by atoms with van der Waals surface area (Å²) in [7, 11) is 2.07. The average molecular weight is 560 g/mol. The second kappa shape index (κ2) is 12.4. The number of hydrogen-bond acceptors (Lipinski definition) is 7. The monoisotopic (exact) mass is 559 g/mol. The number of amides is 1. The van der Waals surface area contributed by atoms with E-state index in [9.17, 15) is 9.59 Å². The number of carbonyl (C=O) groups is 1. The van der Waals surface area contributed by atoms with Gasteiger partial charge in [-0.15, -0.1) is 0 Å². The van der Waals surface area contributed by atoms with Gasteiger partial charge in [0.25, 0.3) is 11.5 Å². The Morgan fingerprint density at radius 2 is 1.90 bits per heavy atom. The van der Waals surface area contributed by atoms with Crippen molar-refractivity contribution in [2.45, 2.75) is 59.2 Å². The smallest absolute Gasteiger partial charge is 0.253 e. The molecule has 41 heavy (non-hydrogen) atoms. The van der Waals surface area contributed by atoms with Crippen molar-refractivity contribution in [2.24, 2.45) is 0 Å². The van der Waals surface area contributed by atoms with Crippen LogP contribution in [0, 0.1) is 20.8 Å². The van der Waals surface area contributed by atoms with Crippen LogP contribution in [-0.2, 0) is 11.3 Å². The number of carbonyl (C=O) groups excluding carboxylic acids is 1. The Morgan fingerprint density at radius 3 is 2.54 bits per heavy atom. The number of hydrogen-bond donors (Lipinski definition) is 2. The third kappa shape index (κ3) is 6.47. The van der Waals surface area contributed by atoms with Crippen molar-refractivity contribution >= 4 is 11.6 Å². The third-order valence-electron chi connectivity index (χ3n) is 8.21. The maximum atomic E-state index is 13.7. The Kier molecular flexibility index (Phi) is 8.75. The van der Waals surface area contributed by atoms with E-state index in [2.05, 4.69) is 45.1 Å². The summed E-state index contributed by atoms with van der Waals surface area (Å²) in [6, 6.07) is 10.2. The molecule has 0 atom stereocenters. The van der Waals surface area contributed by atoms with Crippen LogP contribution in [-0.4, -0.2) is 72.8 Å². The van der Waals surface area contributed by atoms with E-state index in [-0.39, 0.29) is 24.1 Å². The molecule has 0 unspecified atom stereocenters. The zero-order chi connectivity index (χ0) is 29.1. The Labute approximate surface area is 241 Å². The predicted molar refractivity (Wildman–Crippen MR) is 161 cm³/mol. The van der Waals surface area contributed by atoms with Crippen LogP contribution in [0.2, 0.25) is 0 Å². The number of rotatable bonds is 9. The van der Waals surface area contributed by atoms with Crippen molar-refractivity contribution < 1.29 is 14.3 Å². The first-order chi connectivity index (χ1) is 19.7. The van der Waals surface area contributed by atoms with E-state index in [1.54, 1.807) is 0 Å². The van der Waals surface area contributed by atoms with E-state index in [0.29, 0.717) is 23.0 Å². The fourth-order valence-electron chi connectivity index (χ4n) is 5.89. The third-order valence-corrected chi connectivity index (χ3v) is 8.21. The molecule has 2 aliphatic rings. The van der Waals surface area contributed by atoms with E-state index in [1.807, 2.05) is 51.2 Å². The number of likely N-dealkylation sites (N-methyl/N-ethyl adjacent to an activating group) is 1. The summed E-state index contributed by atoms with van der Waals surface area (Å²) >= 11 is 0. The fraction of sp³-hybridized carbons (Fsp3) is 0.469. The van der Waals surface area contributed by atoms with Crippen LogP contribution in [0.1, 0.15) is 52.5 Å². The second-order valence-corrected chi connectivity index (χ2v) is 11.3. The molecule has 3 aromatic rings. The minimum Gasteiger partial charge on any atom is -0.472 e. The van der Waals surface area contributed by atoms with E-state index in [0.717, 1.165) is 79.3 Å². The first-order valence-electron chi connectivity index (χ1n) is 14.5. The molecule has 218 valence electrons. The highest BCUT2D eigenvalue weighted by Gasteiger charge is 2.26. The number of ether oxygens (including phenoxy) is 2. The average Bonchev–Trinajstić information content (AvgIpc) is 2.94. The van der Waals surface area contributed by atoms with Crippen LogP contribution < -0.4 is 20.5 Å². The van der Waals surface area contributed by atoms with Crippen molar-refractivity contribution in [3.63, 3.8) is 0 Å². The standard InChI is InChI=1S/C32H41N5O4/c1-6-37(25-9-11-40-12-10-25)29-15-24(23-7-8-30(33-16-23)41-26-18-36(5)19-26)14-27(22(29)4)31(38)34-17-28-20(2)13-21(3)35-32(28)39/h7-8,13-16,25-26H,6,9-12,17-19H2,1-5H3,(H,34,38)(H,35,39). The number of benzene rings is 1. The lowest BCUT2D eigenvalue weighted by atomic mass is 9.95. The number of anilines is 1. The largest absolute Gasteiger partial charge is 0.472 e. The quantitative estimate of drug-likeness (QED) is 0.409. The summed E-state index contributed by atoms with van der Waals surface area (Å²) in [6.07, 6.45) is 3.87. The summed E-state index contributed by atoms with van der Waals surface area (Å²) in [5.41, 5.74) is 6.40. The van der Waals surface area contributed by atoms with Crippen LogP contribution in [0.15, 0.2) is 41.3 Å². The number of nitrogens with one attached hydrogen (secondary N) is 2. The van der Waals surface area contributed by atoms with Gasteiger partial charge in [-0.3, -0.25) is 14.5 Å². The Hall–Kier alpha value is -3.69. The molecule has 0 aliphatic carbocycles. The van der Waals surface area contributed by atoms with Crippen LogP contribution >= 0.6 is 0 Å². The van der Waals surface area contributed by atoms with E-state index in [4.69, 9.17) is 9.47 Å². The van der Waals surface area contributed by atoms with Gasteiger partial charge in [-0.25, -0.2) is 4.98 Å². The topological polar surface area (TPSA) is 99.8 Å². The summed E-state index contributed by atoms with van der Waals surface area (Å²) in [6.45, 7) is 12.1. The summed E-state index contributed by atoms with van der Waals surface area (Å²) in [4.78, 5) is 38.3. The fourth-order valence-corrected chi connectivity index (χ4v) is 5.89. The van der Waals surface area contributed by atoms with Gasteiger partial charge in [-0.05, 0) is 88.5 Å². The molecule has 0 bridgehead atoms. The number of nitrogens with zero attached hydrogens (tertiary/aromatic N) is 3. The predicted octanol–water partition coefficient (Wildman–Crippen LogP) is 3.99. The van der Waals surface area contributed by atoms with Gasteiger partial charge in [0, 0.05) is 85.8 Å². The highest BCUT2D eigenvalue weighted by atomic mass is 16.5. The lowest BCUT2D eigenvalue weighted by Gasteiger charge is -2.37. The van der Waals surface area contributed by atoms with Crippen molar-refractivity contribution in [3.8, 4) is 17.0 Å². The van der Waals surface area contributed by atoms with E-state index >= 15 is 0 Å². The molecule has 2 fully saturated rings. The molecule has 2 N–H and O–H groups in total. The first-order valence-corrected chi connectivity index (χ1v) is 14.5. The molecule has 9 nitrogen and oxygen atoms in total. The maximum Gasteiger partial charge on any atom is 0.253 e. The minimum absolute atomic E-state index is 0.153. The van der Waals surface area contributed by atoms with Gasteiger partial charge in [0.2, 0.25) is 5.88 Å². The number of likely N-dealkylation sites (tertiary alicyclic amines) is 1. The molecule has 0 spiro atoms. The summed E-state index contributed by atoms with van der Waals surface area (Å²) < 4.78 is 11.6. The SMILES string of the molecule is CCN(c1cc(-c2ccc(OC3CN(C)C3)nc2)cc(C(=O)NCc2c(C)cc(C)[nH]c2=O)c1C)C1CCOCC1. The molecule has 2 saturated heterocycles. The van der Waals surface area contributed by atoms with Gasteiger partial charge < -0.3 is 24.7 Å². The second-order valence-electron chi connectivity index (χ2n) is 11.3. The van der Waals surface area contributed by atoms with Gasteiger partial charge in [0.05, 0.1) is 0 Å². The van der Waals surface area contributed by atoms with Crippen LogP contribution in [0.5, 0.6) is 5.88 Å². The van der Waals surface area contributed by atoms with Crippen LogP contribution in [0.4, 0.5) is 5.69 Å². The van der Waals surface area contributed by atoms with Gasteiger partial charge in [-0.1, -0.05) is 0 Å². The molecule has 9 heteroatoms. The van der Waals surface area contributed by atoms with Gasteiger partial charge >= 0.3 is 0 Å². The molecular weight excluding hydrogens is 518 g/mol. The summed E-state index contributed by atoms with van der Waals surface area (Å²) in [5, 5.41) is 3.01. The number of aromatic nitrogens is 2. The highest BCUT2D eigenvalue weighted by molar-refractivity contribution is 5.99. The minimum atomic E-state index is -0.213. The molecule has 1 amide bonds.